The Bertz CT molecular complexity index is 324. The number of hydrogen-bond donors (Lipinski definition) is 1. The quantitative estimate of drug-likeness (QED) is 0.757. The van der Waals surface area contributed by atoms with E-state index in [9.17, 15) is 4.79 Å². The summed E-state index contributed by atoms with van der Waals surface area (Å²) in [6.07, 6.45) is -1.67. The van der Waals surface area contributed by atoms with Gasteiger partial charge in [0.25, 0.3) is 0 Å². The lowest BCUT2D eigenvalue weighted by Gasteiger charge is -2.29. The molecule has 3 nitrogen and oxygen atoms in total. The van der Waals surface area contributed by atoms with Crippen molar-refractivity contribution in [1.29, 1.82) is 0 Å². The van der Waals surface area contributed by atoms with Crippen LogP contribution >= 0.6 is 0 Å². The van der Waals surface area contributed by atoms with Gasteiger partial charge in [0.15, 0.2) is 0 Å². The van der Waals surface area contributed by atoms with Crippen LogP contribution in [-0.4, -0.2) is 11.3 Å². The summed E-state index contributed by atoms with van der Waals surface area (Å²) in [5, 5.41) is 8.69. The van der Waals surface area contributed by atoms with Gasteiger partial charge in [-0.15, -0.1) is 0 Å². The van der Waals surface area contributed by atoms with E-state index >= 15 is 0 Å². The number of ether oxygens (including phenoxy) is 1. The van der Waals surface area contributed by atoms with Gasteiger partial charge in [-0.05, 0) is 5.56 Å². The van der Waals surface area contributed by atoms with E-state index in [1.54, 1.807) is 0 Å². The van der Waals surface area contributed by atoms with Crippen LogP contribution in [0.15, 0.2) is 30.3 Å². The first-order valence-corrected chi connectivity index (χ1v) is 4.86. The Morgan fingerprint density at radius 1 is 1.27 bits per heavy atom. The Hall–Kier alpha value is -1.51. The van der Waals surface area contributed by atoms with Gasteiger partial charge in [-0.1, -0.05) is 51.1 Å². The van der Waals surface area contributed by atoms with Gasteiger partial charge in [-0.25, -0.2) is 4.79 Å². The number of carboxylic acid groups (broad SMARTS) is 1. The summed E-state index contributed by atoms with van der Waals surface area (Å²) in [6, 6.07) is 9.39. The molecule has 0 aliphatic rings. The van der Waals surface area contributed by atoms with E-state index in [4.69, 9.17) is 9.84 Å². The highest BCUT2D eigenvalue weighted by Gasteiger charge is 2.29. The monoisotopic (exact) mass is 208 g/mol. The van der Waals surface area contributed by atoms with Crippen LogP contribution in [0, 0.1) is 5.41 Å². The molecule has 1 rings (SSSR count). The molecule has 0 radical (unpaired) electrons. The third-order valence-corrected chi connectivity index (χ3v) is 2.11. The van der Waals surface area contributed by atoms with Crippen LogP contribution in [-0.2, 0) is 4.74 Å². The molecule has 1 N–H and O–H groups in total. The summed E-state index contributed by atoms with van der Waals surface area (Å²) in [5.41, 5.74) is 0.632. The van der Waals surface area contributed by atoms with Crippen molar-refractivity contribution in [2.24, 2.45) is 5.41 Å². The van der Waals surface area contributed by atoms with Crippen LogP contribution in [0.5, 0.6) is 0 Å². The molecule has 1 aromatic carbocycles. The first-order valence-electron chi connectivity index (χ1n) is 4.86. The van der Waals surface area contributed by atoms with Crippen molar-refractivity contribution in [3.05, 3.63) is 35.9 Å². The van der Waals surface area contributed by atoms with Crippen LogP contribution in [0.25, 0.3) is 0 Å². The Morgan fingerprint density at radius 3 is 2.20 bits per heavy atom. The Morgan fingerprint density at radius 2 is 1.80 bits per heavy atom. The fourth-order valence-electron chi connectivity index (χ4n) is 1.47. The molecule has 3 heteroatoms. The summed E-state index contributed by atoms with van der Waals surface area (Å²) in [7, 11) is 0. The van der Waals surface area contributed by atoms with E-state index in [1.165, 1.54) is 0 Å². The highest BCUT2D eigenvalue weighted by atomic mass is 16.7. The van der Waals surface area contributed by atoms with Gasteiger partial charge in [0.1, 0.15) is 6.10 Å². The summed E-state index contributed by atoms with van der Waals surface area (Å²) in [4.78, 5) is 10.6. The average Bonchev–Trinajstić information content (AvgIpc) is 2.14. The molecule has 82 valence electrons. The molecule has 0 fully saturated rings. The molecule has 1 unspecified atom stereocenters. The van der Waals surface area contributed by atoms with Gasteiger partial charge in [0.2, 0.25) is 0 Å². The van der Waals surface area contributed by atoms with Crippen molar-refractivity contribution < 1.29 is 14.6 Å². The molecule has 0 amide bonds. The van der Waals surface area contributed by atoms with Crippen molar-refractivity contribution in [1.82, 2.24) is 0 Å². The zero-order valence-corrected chi connectivity index (χ0v) is 9.23. The Kier molecular flexibility index (Phi) is 3.35. The topological polar surface area (TPSA) is 46.5 Å². The van der Waals surface area contributed by atoms with E-state index < -0.39 is 12.3 Å². The van der Waals surface area contributed by atoms with E-state index in [0.29, 0.717) is 0 Å². The second-order valence-corrected chi connectivity index (χ2v) is 4.54. The molecule has 0 saturated heterocycles. The van der Waals surface area contributed by atoms with E-state index in [2.05, 4.69) is 0 Å². The number of carbonyl (C=O) groups is 1. The minimum atomic E-state index is -1.24. The second-order valence-electron chi connectivity index (χ2n) is 4.54. The third kappa shape index (κ3) is 3.27. The van der Waals surface area contributed by atoms with E-state index in [-0.39, 0.29) is 5.41 Å². The molecule has 0 bridgehead atoms. The minimum absolute atomic E-state index is 0.250. The zero-order chi connectivity index (χ0) is 11.5. The summed E-state index contributed by atoms with van der Waals surface area (Å²) in [5.74, 6) is 0. The molecule has 1 aromatic rings. The fourth-order valence-corrected chi connectivity index (χ4v) is 1.47. The van der Waals surface area contributed by atoms with Crippen molar-refractivity contribution in [3.8, 4) is 0 Å². The first kappa shape index (κ1) is 11.6. The van der Waals surface area contributed by atoms with Crippen molar-refractivity contribution in [2.45, 2.75) is 26.9 Å². The Labute approximate surface area is 89.7 Å². The fraction of sp³-hybridized carbons (Fsp3) is 0.417. The van der Waals surface area contributed by atoms with E-state index in [0.717, 1.165) is 5.56 Å². The summed E-state index contributed by atoms with van der Waals surface area (Å²) in [6.45, 7) is 5.86. The van der Waals surface area contributed by atoms with Gasteiger partial charge in [0.05, 0.1) is 0 Å². The lowest BCUT2D eigenvalue weighted by molar-refractivity contribution is -0.000419. The molecule has 0 saturated carbocycles. The SMILES string of the molecule is CC(C)(C)C(OC(=O)O)c1ccccc1. The first-order chi connectivity index (χ1) is 6.91. The number of benzene rings is 1. The number of rotatable bonds is 2. The van der Waals surface area contributed by atoms with Crippen LogP contribution in [0.3, 0.4) is 0 Å². The van der Waals surface area contributed by atoms with E-state index in [1.807, 2.05) is 51.1 Å². The maximum atomic E-state index is 10.6. The largest absolute Gasteiger partial charge is 0.506 e. The lowest BCUT2D eigenvalue weighted by atomic mass is 9.84. The second kappa shape index (κ2) is 4.34. The third-order valence-electron chi connectivity index (χ3n) is 2.11. The van der Waals surface area contributed by atoms with Gasteiger partial charge >= 0.3 is 6.16 Å². The van der Waals surface area contributed by atoms with Crippen molar-refractivity contribution >= 4 is 6.16 Å². The van der Waals surface area contributed by atoms with Crippen LogP contribution < -0.4 is 0 Å². The molecule has 0 spiro atoms. The van der Waals surface area contributed by atoms with Crippen LogP contribution in [0.1, 0.15) is 32.4 Å². The van der Waals surface area contributed by atoms with Crippen LogP contribution in [0.4, 0.5) is 4.79 Å². The molecular weight excluding hydrogens is 192 g/mol. The molecule has 1 atom stereocenters. The van der Waals surface area contributed by atoms with Crippen LogP contribution in [0.2, 0.25) is 0 Å². The number of hydrogen-bond acceptors (Lipinski definition) is 2. The highest BCUT2D eigenvalue weighted by molar-refractivity contribution is 5.57. The predicted molar refractivity (Wildman–Crippen MR) is 57.7 cm³/mol. The average molecular weight is 208 g/mol. The summed E-state index contributed by atoms with van der Waals surface area (Å²) < 4.78 is 4.92. The summed E-state index contributed by atoms with van der Waals surface area (Å²) >= 11 is 0. The molecule has 0 aromatic heterocycles. The van der Waals surface area contributed by atoms with Crippen molar-refractivity contribution in [3.63, 3.8) is 0 Å². The van der Waals surface area contributed by atoms with Gasteiger partial charge in [-0.2, -0.15) is 0 Å². The molecule has 0 heterocycles. The van der Waals surface area contributed by atoms with Gasteiger partial charge in [0, 0.05) is 5.41 Å². The standard InChI is InChI=1S/C12H16O3/c1-12(2,3)10(15-11(13)14)9-7-5-4-6-8-9/h4-8,10H,1-3H3,(H,13,14). The maximum Gasteiger partial charge on any atom is 0.506 e. The minimum Gasteiger partial charge on any atom is -0.450 e. The predicted octanol–water partition coefficient (Wildman–Crippen LogP) is 3.47. The van der Waals surface area contributed by atoms with Gasteiger partial charge < -0.3 is 9.84 Å². The molecule has 0 aliphatic carbocycles. The van der Waals surface area contributed by atoms with Crippen molar-refractivity contribution in [2.75, 3.05) is 0 Å². The molecule has 15 heavy (non-hydrogen) atoms. The zero-order valence-electron chi connectivity index (χ0n) is 9.23. The highest BCUT2D eigenvalue weighted by Crippen LogP contribution is 2.35. The molecule has 0 aliphatic heterocycles. The van der Waals surface area contributed by atoms with Gasteiger partial charge in [-0.3, -0.25) is 0 Å². The smallest absolute Gasteiger partial charge is 0.450 e. The lowest BCUT2D eigenvalue weighted by Crippen LogP contribution is -2.23. The molecular formula is C12H16O3. The normalized spacial score (nSPS) is 13.3. The Balaban J connectivity index is 2.97. The maximum absolute atomic E-state index is 10.6.